The maximum atomic E-state index is 12.2. The van der Waals surface area contributed by atoms with Crippen molar-refractivity contribution in [3.63, 3.8) is 0 Å². The molecule has 1 saturated carbocycles. The number of hydrogen-bond acceptors (Lipinski definition) is 4. The number of benzene rings is 1. The Morgan fingerprint density at radius 1 is 1.14 bits per heavy atom. The number of sulfonamides is 1. The fraction of sp³-hybridized carbons (Fsp3) is 0.533. The van der Waals surface area contributed by atoms with Crippen LogP contribution in [0.2, 0.25) is 0 Å². The normalized spacial score (nSPS) is 28.9. The second kappa shape index (κ2) is 5.77. The van der Waals surface area contributed by atoms with E-state index >= 15 is 0 Å². The molecule has 0 bridgehead atoms. The number of hydrogen-bond donors (Lipinski definition) is 2. The molecule has 3 rings (SSSR count). The van der Waals surface area contributed by atoms with Crippen LogP contribution in [0.15, 0.2) is 35.2 Å². The van der Waals surface area contributed by atoms with Crippen LogP contribution in [-0.4, -0.2) is 26.4 Å². The zero-order valence-electron chi connectivity index (χ0n) is 11.8. The minimum atomic E-state index is -3.77. The molecule has 3 unspecified atom stereocenters. The van der Waals surface area contributed by atoms with Gasteiger partial charge in [-0.1, -0.05) is 31.0 Å². The first-order chi connectivity index (χ1) is 10.1. The summed E-state index contributed by atoms with van der Waals surface area (Å²) in [6.45, 7) is 0. The van der Waals surface area contributed by atoms with Gasteiger partial charge in [-0.3, -0.25) is 4.79 Å². The third-order valence-electron chi connectivity index (χ3n) is 4.47. The van der Waals surface area contributed by atoms with Crippen molar-refractivity contribution >= 4 is 15.9 Å². The third kappa shape index (κ3) is 3.11. The first-order valence-corrected chi connectivity index (χ1v) is 8.92. The summed E-state index contributed by atoms with van der Waals surface area (Å²) in [5, 5.41) is 3.29. The highest BCUT2D eigenvalue weighted by atomic mass is 32.2. The Hall–Kier alpha value is -1.40. The summed E-state index contributed by atoms with van der Waals surface area (Å²) in [5.74, 6) is 0.0715. The van der Waals surface area contributed by atoms with E-state index in [-0.39, 0.29) is 4.90 Å². The van der Waals surface area contributed by atoms with Crippen molar-refractivity contribution in [2.24, 2.45) is 5.92 Å². The molecule has 1 heterocycles. The summed E-state index contributed by atoms with van der Waals surface area (Å²) in [6.07, 6.45) is 5.35. The number of carbonyl (C=O) groups is 1. The monoisotopic (exact) mass is 308 g/mol. The fourth-order valence-corrected chi connectivity index (χ4v) is 4.42. The summed E-state index contributed by atoms with van der Waals surface area (Å²) in [6, 6.07) is 7.97. The maximum absolute atomic E-state index is 12.2. The highest BCUT2D eigenvalue weighted by Gasteiger charge is 2.39. The van der Waals surface area contributed by atoms with Gasteiger partial charge in [-0.2, -0.15) is 0 Å². The molecule has 6 heteroatoms. The molecular formula is C15H20N2O3S. The first kappa shape index (κ1) is 14.5. The van der Waals surface area contributed by atoms with E-state index < -0.39 is 22.0 Å². The van der Waals surface area contributed by atoms with Gasteiger partial charge in [-0.25, -0.2) is 13.1 Å². The Balaban J connectivity index is 1.67. The number of fused-ring (bicyclic) bond motifs is 1. The predicted octanol–water partition coefficient (Wildman–Crippen LogP) is 1.41. The van der Waals surface area contributed by atoms with E-state index in [4.69, 9.17) is 0 Å². The van der Waals surface area contributed by atoms with E-state index in [1.165, 1.54) is 25.0 Å². The SMILES string of the molecule is O=C(NS(=O)(=O)c1ccccc1)C1CC2CCCCC2N1. The van der Waals surface area contributed by atoms with Crippen LogP contribution in [0, 0.1) is 5.92 Å². The summed E-state index contributed by atoms with van der Waals surface area (Å²) in [5.41, 5.74) is 0. The molecule has 1 aliphatic carbocycles. The molecule has 21 heavy (non-hydrogen) atoms. The van der Waals surface area contributed by atoms with Gasteiger partial charge in [0.1, 0.15) is 0 Å². The van der Waals surface area contributed by atoms with Gasteiger partial charge < -0.3 is 5.32 Å². The largest absolute Gasteiger partial charge is 0.303 e. The van der Waals surface area contributed by atoms with Gasteiger partial charge in [0.25, 0.3) is 15.9 Å². The van der Waals surface area contributed by atoms with E-state index in [0.717, 1.165) is 19.3 Å². The molecule has 2 aliphatic rings. The van der Waals surface area contributed by atoms with Crippen molar-refractivity contribution in [2.45, 2.75) is 49.1 Å². The quantitative estimate of drug-likeness (QED) is 0.885. The molecule has 1 aliphatic heterocycles. The standard InChI is InChI=1S/C15H20N2O3S/c18-15(14-10-11-6-4-5-9-13(11)16-14)17-21(19,20)12-7-2-1-3-8-12/h1-3,7-8,11,13-14,16H,4-6,9-10H2,(H,17,18). The molecular weight excluding hydrogens is 288 g/mol. The molecule has 3 atom stereocenters. The lowest BCUT2D eigenvalue weighted by molar-refractivity contribution is -0.121. The average molecular weight is 308 g/mol. The van der Waals surface area contributed by atoms with E-state index in [2.05, 4.69) is 10.0 Å². The number of nitrogens with one attached hydrogen (secondary N) is 2. The second-order valence-electron chi connectivity index (χ2n) is 5.89. The van der Waals surface area contributed by atoms with E-state index in [9.17, 15) is 13.2 Å². The van der Waals surface area contributed by atoms with Crippen molar-refractivity contribution in [3.05, 3.63) is 30.3 Å². The lowest BCUT2D eigenvalue weighted by Crippen LogP contribution is -2.45. The summed E-state index contributed by atoms with van der Waals surface area (Å²) < 4.78 is 26.5. The van der Waals surface area contributed by atoms with E-state index in [1.807, 2.05) is 0 Å². The Bertz CT molecular complexity index is 601. The smallest absolute Gasteiger partial charge is 0.264 e. The molecule has 0 spiro atoms. The summed E-state index contributed by atoms with van der Waals surface area (Å²) >= 11 is 0. The van der Waals surface area contributed by atoms with Crippen LogP contribution in [0.1, 0.15) is 32.1 Å². The minimum Gasteiger partial charge on any atom is -0.303 e. The highest BCUT2D eigenvalue weighted by molar-refractivity contribution is 7.90. The molecule has 0 radical (unpaired) electrons. The van der Waals surface area contributed by atoms with Crippen molar-refractivity contribution in [1.82, 2.24) is 10.0 Å². The molecule has 0 aromatic heterocycles. The summed E-state index contributed by atoms with van der Waals surface area (Å²) in [4.78, 5) is 12.3. The molecule has 1 aromatic rings. The molecule has 1 aromatic carbocycles. The lowest BCUT2D eigenvalue weighted by Gasteiger charge is -2.24. The van der Waals surface area contributed by atoms with Crippen molar-refractivity contribution in [3.8, 4) is 0 Å². The number of carbonyl (C=O) groups excluding carboxylic acids is 1. The van der Waals surface area contributed by atoms with Crippen molar-refractivity contribution < 1.29 is 13.2 Å². The average Bonchev–Trinajstić information content (AvgIpc) is 2.92. The van der Waals surface area contributed by atoms with Crippen molar-refractivity contribution in [2.75, 3.05) is 0 Å². The topological polar surface area (TPSA) is 75.3 Å². The third-order valence-corrected chi connectivity index (χ3v) is 5.83. The Labute approximate surface area is 125 Å². The van der Waals surface area contributed by atoms with Crippen LogP contribution >= 0.6 is 0 Å². The van der Waals surface area contributed by atoms with Crippen LogP contribution < -0.4 is 10.0 Å². The van der Waals surface area contributed by atoms with E-state index in [0.29, 0.717) is 12.0 Å². The van der Waals surface area contributed by atoms with Crippen LogP contribution in [0.25, 0.3) is 0 Å². The van der Waals surface area contributed by atoms with Gasteiger partial charge in [0.2, 0.25) is 0 Å². The molecule has 5 nitrogen and oxygen atoms in total. The minimum absolute atomic E-state index is 0.119. The van der Waals surface area contributed by atoms with Gasteiger partial charge in [0, 0.05) is 6.04 Å². The fourth-order valence-electron chi connectivity index (χ4n) is 3.38. The van der Waals surface area contributed by atoms with Crippen LogP contribution in [-0.2, 0) is 14.8 Å². The molecule has 114 valence electrons. The molecule has 1 saturated heterocycles. The second-order valence-corrected chi connectivity index (χ2v) is 7.57. The lowest BCUT2D eigenvalue weighted by atomic mass is 9.85. The Morgan fingerprint density at radius 3 is 2.57 bits per heavy atom. The van der Waals surface area contributed by atoms with E-state index in [1.54, 1.807) is 18.2 Å². The summed E-state index contributed by atoms with van der Waals surface area (Å²) in [7, 11) is -3.77. The van der Waals surface area contributed by atoms with Crippen LogP contribution in [0.4, 0.5) is 0 Å². The van der Waals surface area contributed by atoms with Gasteiger partial charge in [0.15, 0.2) is 0 Å². The molecule has 1 amide bonds. The van der Waals surface area contributed by atoms with Crippen LogP contribution in [0.5, 0.6) is 0 Å². The van der Waals surface area contributed by atoms with Crippen LogP contribution in [0.3, 0.4) is 0 Å². The Morgan fingerprint density at radius 2 is 1.86 bits per heavy atom. The van der Waals surface area contributed by atoms with Gasteiger partial charge in [0.05, 0.1) is 10.9 Å². The molecule has 2 fully saturated rings. The number of amides is 1. The Kier molecular flexibility index (Phi) is 3.99. The highest BCUT2D eigenvalue weighted by Crippen LogP contribution is 2.33. The first-order valence-electron chi connectivity index (χ1n) is 7.44. The van der Waals surface area contributed by atoms with Gasteiger partial charge in [-0.05, 0) is 37.3 Å². The van der Waals surface area contributed by atoms with Gasteiger partial charge >= 0.3 is 0 Å². The zero-order chi connectivity index (χ0) is 14.9. The predicted molar refractivity (Wildman–Crippen MR) is 79.1 cm³/mol. The maximum Gasteiger partial charge on any atom is 0.264 e. The van der Waals surface area contributed by atoms with Gasteiger partial charge in [-0.15, -0.1) is 0 Å². The zero-order valence-corrected chi connectivity index (χ0v) is 12.6. The number of rotatable bonds is 3. The molecule has 2 N–H and O–H groups in total. The van der Waals surface area contributed by atoms with Crippen molar-refractivity contribution in [1.29, 1.82) is 0 Å².